The number of hydrogen-bond donors (Lipinski definition) is 1. The molecule has 0 radical (unpaired) electrons. The molecule has 1 rings (SSSR count). The molecule has 0 aromatic carbocycles. The van der Waals surface area contributed by atoms with E-state index in [2.05, 4.69) is 11.9 Å². The van der Waals surface area contributed by atoms with Gasteiger partial charge in [-0.15, -0.1) is 0 Å². The summed E-state index contributed by atoms with van der Waals surface area (Å²) in [6.07, 6.45) is 3.96. The molecule has 6 heteroatoms. The summed E-state index contributed by atoms with van der Waals surface area (Å²) in [7, 11) is -3.15. The van der Waals surface area contributed by atoms with Crippen LogP contribution in [0.15, 0.2) is 12.7 Å². The van der Waals surface area contributed by atoms with Gasteiger partial charge in [-0.05, 0) is 18.9 Å². The normalized spacial score (nSPS) is 23.4. The summed E-state index contributed by atoms with van der Waals surface area (Å²) < 4.78 is 24.0. The standard InChI is InChI=1S/C9H16N2O3S/c1-3-9(12)10-8-5-4-6-11(7-8)15(2,13)14/h3,8H,1,4-7H2,2H3,(H,10,12)/t8-/m0/s1. The second-order valence-electron chi connectivity index (χ2n) is 3.67. The molecular formula is C9H16N2O3S. The minimum atomic E-state index is -3.15. The van der Waals surface area contributed by atoms with Gasteiger partial charge in [0, 0.05) is 19.1 Å². The first-order valence-electron chi connectivity index (χ1n) is 4.81. The van der Waals surface area contributed by atoms with Gasteiger partial charge in [0.25, 0.3) is 0 Å². The van der Waals surface area contributed by atoms with E-state index in [1.165, 1.54) is 16.6 Å². The van der Waals surface area contributed by atoms with E-state index >= 15 is 0 Å². The molecule has 1 fully saturated rings. The van der Waals surface area contributed by atoms with Crippen molar-refractivity contribution in [2.24, 2.45) is 0 Å². The lowest BCUT2D eigenvalue weighted by Crippen LogP contribution is -2.48. The lowest BCUT2D eigenvalue weighted by Gasteiger charge is -2.31. The summed E-state index contributed by atoms with van der Waals surface area (Å²) in [5.41, 5.74) is 0. The third kappa shape index (κ3) is 3.64. The van der Waals surface area contributed by atoms with Gasteiger partial charge in [-0.2, -0.15) is 0 Å². The molecule has 1 saturated heterocycles. The highest BCUT2D eigenvalue weighted by Gasteiger charge is 2.26. The van der Waals surface area contributed by atoms with E-state index in [-0.39, 0.29) is 11.9 Å². The Labute approximate surface area is 90.2 Å². The topological polar surface area (TPSA) is 66.5 Å². The van der Waals surface area contributed by atoms with Gasteiger partial charge in [-0.1, -0.05) is 6.58 Å². The summed E-state index contributed by atoms with van der Waals surface area (Å²) in [5, 5.41) is 2.71. The number of piperidine rings is 1. The molecule has 0 aromatic rings. The Morgan fingerprint density at radius 2 is 2.27 bits per heavy atom. The minimum absolute atomic E-state index is 0.0982. The Balaban J connectivity index is 2.57. The lowest BCUT2D eigenvalue weighted by molar-refractivity contribution is -0.117. The van der Waals surface area contributed by atoms with Gasteiger partial charge >= 0.3 is 0 Å². The second kappa shape index (κ2) is 4.76. The molecule has 0 bridgehead atoms. The molecule has 0 aromatic heterocycles. The van der Waals surface area contributed by atoms with E-state index in [1.54, 1.807) is 0 Å². The predicted octanol–water partition coefficient (Wildman–Crippen LogP) is -0.287. The van der Waals surface area contributed by atoms with Gasteiger partial charge in [0.05, 0.1) is 6.26 Å². The zero-order chi connectivity index (χ0) is 11.5. The maximum absolute atomic E-state index is 11.3. The molecule has 15 heavy (non-hydrogen) atoms. The fraction of sp³-hybridized carbons (Fsp3) is 0.667. The van der Waals surface area contributed by atoms with Crippen LogP contribution in [0, 0.1) is 0 Å². The molecule has 1 aliphatic heterocycles. The SMILES string of the molecule is C=CC(=O)N[C@H]1CCCN(S(C)(=O)=O)C1. The van der Waals surface area contributed by atoms with Crippen molar-refractivity contribution in [3.05, 3.63) is 12.7 Å². The Bertz CT molecular complexity index is 350. The third-order valence-corrected chi connectivity index (χ3v) is 3.65. The maximum atomic E-state index is 11.3. The van der Waals surface area contributed by atoms with E-state index < -0.39 is 10.0 Å². The van der Waals surface area contributed by atoms with Gasteiger partial charge in [0.2, 0.25) is 15.9 Å². The van der Waals surface area contributed by atoms with Gasteiger partial charge in [-0.25, -0.2) is 12.7 Å². The highest BCUT2D eigenvalue weighted by atomic mass is 32.2. The van der Waals surface area contributed by atoms with E-state index in [4.69, 9.17) is 0 Å². The average molecular weight is 232 g/mol. The molecule has 86 valence electrons. The quantitative estimate of drug-likeness (QED) is 0.680. The van der Waals surface area contributed by atoms with Gasteiger partial charge in [0.1, 0.15) is 0 Å². The number of hydrogen-bond acceptors (Lipinski definition) is 3. The summed E-state index contributed by atoms with van der Waals surface area (Å²) in [4.78, 5) is 11.0. The Kier molecular flexibility index (Phi) is 3.87. The van der Waals surface area contributed by atoms with Crippen molar-refractivity contribution >= 4 is 15.9 Å². The molecule has 1 N–H and O–H groups in total. The van der Waals surface area contributed by atoms with Crippen LogP contribution in [0.3, 0.4) is 0 Å². The van der Waals surface area contributed by atoms with Crippen molar-refractivity contribution in [1.29, 1.82) is 0 Å². The fourth-order valence-corrected chi connectivity index (χ4v) is 2.53. The summed E-state index contributed by atoms with van der Waals surface area (Å²) in [6.45, 7) is 4.25. The molecule has 0 saturated carbocycles. The van der Waals surface area contributed by atoms with E-state index in [9.17, 15) is 13.2 Å². The first kappa shape index (κ1) is 12.2. The predicted molar refractivity (Wildman–Crippen MR) is 57.8 cm³/mol. The first-order chi connectivity index (χ1) is 6.93. The van der Waals surface area contributed by atoms with Crippen LogP contribution >= 0.6 is 0 Å². The fourth-order valence-electron chi connectivity index (χ4n) is 1.62. The summed E-state index contributed by atoms with van der Waals surface area (Å²) in [5.74, 6) is -0.254. The van der Waals surface area contributed by atoms with Crippen molar-refractivity contribution in [2.75, 3.05) is 19.3 Å². The number of carbonyl (C=O) groups is 1. The first-order valence-corrected chi connectivity index (χ1v) is 6.66. The van der Waals surface area contributed by atoms with Gasteiger partial charge in [0.15, 0.2) is 0 Å². The number of carbonyl (C=O) groups excluding carboxylic acids is 1. The largest absolute Gasteiger partial charge is 0.349 e. The number of sulfonamides is 1. The second-order valence-corrected chi connectivity index (χ2v) is 5.66. The maximum Gasteiger partial charge on any atom is 0.243 e. The van der Waals surface area contributed by atoms with Crippen molar-refractivity contribution < 1.29 is 13.2 Å². The van der Waals surface area contributed by atoms with Crippen molar-refractivity contribution in [1.82, 2.24) is 9.62 Å². The number of nitrogens with one attached hydrogen (secondary N) is 1. The molecule has 0 spiro atoms. The van der Waals surface area contributed by atoms with Crippen molar-refractivity contribution in [3.63, 3.8) is 0 Å². The molecular weight excluding hydrogens is 216 g/mol. The van der Waals surface area contributed by atoms with E-state index in [0.717, 1.165) is 12.8 Å². The van der Waals surface area contributed by atoms with Crippen LogP contribution in [-0.2, 0) is 14.8 Å². The molecule has 5 nitrogen and oxygen atoms in total. The Morgan fingerprint density at radius 1 is 1.60 bits per heavy atom. The molecule has 1 heterocycles. The Morgan fingerprint density at radius 3 is 2.80 bits per heavy atom. The molecule has 0 aliphatic carbocycles. The van der Waals surface area contributed by atoms with Crippen molar-refractivity contribution in [3.8, 4) is 0 Å². The number of nitrogens with zero attached hydrogens (tertiary/aromatic N) is 1. The van der Waals surface area contributed by atoms with Crippen LogP contribution in [0.4, 0.5) is 0 Å². The minimum Gasteiger partial charge on any atom is -0.349 e. The number of rotatable bonds is 3. The monoisotopic (exact) mass is 232 g/mol. The third-order valence-electron chi connectivity index (χ3n) is 2.38. The highest BCUT2D eigenvalue weighted by Crippen LogP contribution is 2.12. The van der Waals surface area contributed by atoms with E-state index in [0.29, 0.717) is 13.1 Å². The molecule has 1 amide bonds. The van der Waals surface area contributed by atoms with Crippen LogP contribution in [0.5, 0.6) is 0 Å². The molecule has 1 aliphatic rings. The molecule has 1 atom stereocenters. The smallest absolute Gasteiger partial charge is 0.243 e. The van der Waals surface area contributed by atoms with Gasteiger partial charge < -0.3 is 5.32 Å². The zero-order valence-corrected chi connectivity index (χ0v) is 9.59. The van der Waals surface area contributed by atoms with Crippen LogP contribution in [0.25, 0.3) is 0 Å². The average Bonchev–Trinajstić information content (AvgIpc) is 2.17. The van der Waals surface area contributed by atoms with Crippen LogP contribution in [0.2, 0.25) is 0 Å². The summed E-state index contributed by atoms with van der Waals surface area (Å²) in [6, 6.07) is -0.0982. The van der Waals surface area contributed by atoms with Gasteiger partial charge in [-0.3, -0.25) is 4.79 Å². The number of amides is 1. The zero-order valence-electron chi connectivity index (χ0n) is 8.77. The molecule has 0 unspecified atom stereocenters. The summed E-state index contributed by atoms with van der Waals surface area (Å²) >= 11 is 0. The van der Waals surface area contributed by atoms with Crippen LogP contribution < -0.4 is 5.32 Å². The van der Waals surface area contributed by atoms with E-state index in [1.807, 2.05) is 0 Å². The Hall–Kier alpha value is -0.880. The lowest BCUT2D eigenvalue weighted by atomic mass is 10.1. The van der Waals surface area contributed by atoms with Crippen LogP contribution in [-0.4, -0.2) is 44.0 Å². The van der Waals surface area contributed by atoms with Crippen molar-refractivity contribution in [2.45, 2.75) is 18.9 Å². The van der Waals surface area contributed by atoms with Crippen LogP contribution in [0.1, 0.15) is 12.8 Å². The highest BCUT2D eigenvalue weighted by molar-refractivity contribution is 7.88.